The van der Waals surface area contributed by atoms with Crippen molar-refractivity contribution in [2.24, 2.45) is 0 Å². The summed E-state index contributed by atoms with van der Waals surface area (Å²) >= 11 is 0. The van der Waals surface area contributed by atoms with Gasteiger partial charge in [-0.15, -0.1) is 0 Å². The van der Waals surface area contributed by atoms with Crippen molar-refractivity contribution in [2.45, 2.75) is 6.92 Å². The summed E-state index contributed by atoms with van der Waals surface area (Å²) in [4.78, 5) is 9.00. The zero-order chi connectivity index (χ0) is 3.58. The van der Waals surface area contributed by atoms with Gasteiger partial charge in [-0.1, -0.05) is 0 Å². The zero-order valence-electron chi connectivity index (χ0n) is 3.67. The van der Waals surface area contributed by atoms with E-state index in [1.807, 2.05) is 0 Å². The first-order valence-corrected chi connectivity index (χ1v) is 0.928. The van der Waals surface area contributed by atoms with Gasteiger partial charge in [-0.2, -0.15) is 0 Å². The van der Waals surface area contributed by atoms with Gasteiger partial charge in [0.2, 0.25) is 0 Å². The predicted octanol–water partition coefficient (Wildman–Crippen LogP) is 0.0809. The maximum atomic E-state index is 9.00. The van der Waals surface area contributed by atoms with Gasteiger partial charge in [0.1, 0.15) is 0 Å². The van der Waals surface area contributed by atoms with Crippen LogP contribution in [0, 0.1) is 0 Å². The van der Waals surface area contributed by atoms with Crippen molar-refractivity contribution < 1.29 is 80.7 Å². The zero-order valence-corrected chi connectivity index (χ0v) is 8.35. The Morgan fingerprint density at radius 1 is 1.25 bits per heavy atom. The van der Waals surface area contributed by atoms with Gasteiger partial charge < -0.3 is 5.11 Å². The smallest absolute Gasteiger partial charge is 0.300 e. The van der Waals surface area contributed by atoms with Crippen molar-refractivity contribution >= 4 is 5.97 Å². The van der Waals surface area contributed by atoms with E-state index in [2.05, 4.69) is 0 Å². The van der Waals surface area contributed by atoms with Crippen LogP contribution in [-0.4, -0.2) is 11.1 Å². The van der Waals surface area contributed by atoms with E-state index in [9.17, 15) is 0 Å². The van der Waals surface area contributed by atoms with Crippen LogP contribution in [0.15, 0.2) is 0 Å². The van der Waals surface area contributed by atoms with Crippen molar-refractivity contribution in [3.63, 3.8) is 0 Å². The molecule has 0 fully saturated rings. The Morgan fingerprint density at radius 2 is 1.25 bits per heavy atom. The summed E-state index contributed by atoms with van der Waals surface area (Å²) in [5.41, 5.74) is 0. The Hall–Kier alpha value is 1.65. The maximum absolute atomic E-state index is 9.00. The van der Waals surface area contributed by atoms with Gasteiger partial charge in [-0.25, -0.2) is 0 Å². The molecule has 0 aromatic carbocycles. The van der Waals surface area contributed by atoms with Gasteiger partial charge in [0.05, 0.1) is 0 Å². The van der Waals surface area contributed by atoms with Crippen molar-refractivity contribution in [3.8, 4) is 0 Å². The molecule has 6 heteroatoms. The number of hydrogen-bond acceptors (Lipinski definition) is 1. The first kappa shape index (κ1) is 33.4. The van der Waals surface area contributed by atoms with E-state index in [0.717, 1.165) is 6.92 Å². The van der Waals surface area contributed by atoms with E-state index in [4.69, 9.17) is 9.90 Å². The Kier molecular flexibility index (Phi) is 97.7. The van der Waals surface area contributed by atoms with E-state index in [1.165, 1.54) is 0 Å². The van der Waals surface area contributed by atoms with Gasteiger partial charge in [0, 0.05) is 77.7 Å². The first-order chi connectivity index (χ1) is 1.73. The van der Waals surface area contributed by atoms with Crippen molar-refractivity contribution in [3.05, 3.63) is 0 Å². The topological polar surface area (TPSA) is 37.3 Å². The third-order valence-electron chi connectivity index (χ3n) is 0. The van der Waals surface area contributed by atoms with E-state index in [-0.39, 0.29) is 70.8 Å². The van der Waals surface area contributed by atoms with Crippen LogP contribution in [0.3, 0.4) is 0 Å². The maximum Gasteiger partial charge on any atom is 0.300 e. The fourth-order valence-corrected chi connectivity index (χ4v) is 0. The molecule has 8 heavy (non-hydrogen) atoms. The molecule has 0 heterocycles. The first-order valence-electron chi connectivity index (χ1n) is 0.928. The average molecular weight is 343 g/mol. The number of carboxylic acids is 1. The van der Waals surface area contributed by atoms with Crippen molar-refractivity contribution in [1.29, 1.82) is 0 Å². The van der Waals surface area contributed by atoms with Crippen LogP contribution < -0.4 is 0 Å². The van der Waals surface area contributed by atoms with Crippen LogP contribution in [-0.2, 0) is 75.6 Å². The molecule has 3 radical (unpaired) electrons. The molecule has 0 atom stereocenters. The Morgan fingerprint density at radius 3 is 1.25 bits per heavy atom. The standard InChI is InChI=1S/C2H4O2.3Co.Pd/c1-2(3)4;;;;/h1H3,(H,3,4);;;;. The Bertz CT molecular complexity index is 38.3. The SMILES string of the molecule is CC(=O)O.[Co].[Co].[Co].[Pd]. The Labute approximate surface area is 92.8 Å². The second kappa shape index (κ2) is 23.4. The number of rotatable bonds is 0. The molecule has 0 bridgehead atoms. The molecule has 0 saturated carbocycles. The van der Waals surface area contributed by atoms with Gasteiger partial charge >= 0.3 is 0 Å². The summed E-state index contributed by atoms with van der Waals surface area (Å²) in [7, 11) is 0. The molecule has 0 aromatic rings. The molecule has 2 nitrogen and oxygen atoms in total. The molecule has 61 valence electrons. The number of carbonyl (C=O) groups is 1. The number of aliphatic carboxylic acids is 1. The van der Waals surface area contributed by atoms with Crippen LogP contribution >= 0.6 is 0 Å². The molecule has 0 aliphatic carbocycles. The molecule has 0 aliphatic rings. The van der Waals surface area contributed by atoms with Crippen LogP contribution in [0.1, 0.15) is 6.92 Å². The fourth-order valence-electron chi connectivity index (χ4n) is 0. The largest absolute Gasteiger partial charge is 0.481 e. The molecule has 0 rings (SSSR count). The van der Waals surface area contributed by atoms with Gasteiger partial charge in [-0.05, 0) is 0 Å². The summed E-state index contributed by atoms with van der Waals surface area (Å²) in [6.45, 7) is 1.08. The van der Waals surface area contributed by atoms with Crippen molar-refractivity contribution in [2.75, 3.05) is 0 Å². The van der Waals surface area contributed by atoms with Crippen LogP contribution in [0.25, 0.3) is 0 Å². The van der Waals surface area contributed by atoms with E-state index in [0.29, 0.717) is 0 Å². The molecule has 0 aromatic heterocycles. The molecule has 0 aliphatic heterocycles. The van der Waals surface area contributed by atoms with E-state index in [1.54, 1.807) is 0 Å². The van der Waals surface area contributed by atoms with E-state index < -0.39 is 5.97 Å². The quantitative estimate of drug-likeness (QED) is 0.633. The molecule has 0 unspecified atom stereocenters. The van der Waals surface area contributed by atoms with Gasteiger partial charge in [-0.3, -0.25) is 4.79 Å². The molecule has 1 N–H and O–H groups in total. The number of hydrogen-bond donors (Lipinski definition) is 1. The molecule has 0 saturated heterocycles. The summed E-state index contributed by atoms with van der Waals surface area (Å²) in [6, 6.07) is 0. The third-order valence-corrected chi connectivity index (χ3v) is 0. The predicted molar refractivity (Wildman–Crippen MR) is 13.3 cm³/mol. The second-order valence-electron chi connectivity index (χ2n) is 0.519. The summed E-state index contributed by atoms with van der Waals surface area (Å²) < 4.78 is 0. The summed E-state index contributed by atoms with van der Waals surface area (Å²) in [5.74, 6) is -0.833. The third kappa shape index (κ3) is 124. The monoisotopic (exact) mass is 343 g/mol. The number of carboxylic acid groups (broad SMARTS) is 1. The molecular weight excluding hydrogens is 339 g/mol. The van der Waals surface area contributed by atoms with Gasteiger partial charge in [0.25, 0.3) is 5.97 Å². The molecule has 0 amide bonds. The normalized spacial score (nSPS) is 3.12. The van der Waals surface area contributed by atoms with Crippen LogP contribution in [0.4, 0.5) is 0 Å². The average Bonchev–Trinajstić information content (AvgIpc) is 0.811. The fraction of sp³-hybridized carbons (Fsp3) is 0.500. The van der Waals surface area contributed by atoms with Crippen LogP contribution in [0.5, 0.6) is 0 Å². The van der Waals surface area contributed by atoms with E-state index >= 15 is 0 Å². The summed E-state index contributed by atoms with van der Waals surface area (Å²) in [5, 5.41) is 7.42. The second-order valence-corrected chi connectivity index (χ2v) is 0.519. The van der Waals surface area contributed by atoms with Crippen molar-refractivity contribution in [1.82, 2.24) is 0 Å². The minimum absolute atomic E-state index is 0. The minimum Gasteiger partial charge on any atom is -0.481 e. The van der Waals surface area contributed by atoms with Gasteiger partial charge in [0.15, 0.2) is 0 Å². The summed E-state index contributed by atoms with van der Waals surface area (Å²) in [6.07, 6.45) is 0. The minimum atomic E-state index is -0.833. The Balaban J connectivity index is -0.00000000750. The molecular formula is C2H4Co3O2Pd. The van der Waals surface area contributed by atoms with Crippen LogP contribution in [0.2, 0.25) is 0 Å². The molecule has 0 spiro atoms.